The molecule has 2 nitrogen and oxygen atoms in total. The highest BCUT2D eigenvalue weighted by Gasteiger charge is 2.21. The molecule has 0 aromatic heterocycles. The van der Waals surface area contributed by atoms with Crippen LogP contribution in [0.5, 0.6) is 5.75 Å². The molecule has 1 aliphatic carbocycles. The van der Waals surface area contributed by atoms with Crippen LogP contribution in [0.25, 0.3) is 0 Å². The van der Waals surface area contributed by atoms with E-state index in [2.05, 4.69) is 6.92 Å². The number of halogens is 1. The van der Waals surface area contributed by atoms with Crippen LogP contribution in [0.4, 0.5) is 4.39 Å². The van der Waals surface area contributed by atoms with Gasteiger partial charge in [0.05, 0.1) is 6.61 Å². The topological polar surface area (TPSA) is 26.3 Å². The van der Waals surface area contributed by atoms with E-state index in [0.29, 0.717) is 29.9 Å². The predicted octanol–water partition coefficient (Wildman–Crippen LogP) is 6.82. The van der Waals surface area contributed by atoms with Gasteiger partial charge in [0.15, 0.2) is 5.78 Å². The summed E-state index contributed by atoms with van der Waals surface area (Å²) >= 11 is 0. The molecule has 26 heavy (non-hydrogen) atoms. The van der Waals surface area contributed by atoms with Crippen molar-refractivity contribution in [3.63, 3.8) is 0 Å². The number of Topliss-reactive ketones (excluding diaryl/α,β-unsaturated/α-hetero) is 1. The second kappa shape index (κ2) is 10.7. The van der Waals surface area contributed by atoms with Gasteiger partial charge in [-0.15, -0.1) is 0 Å². The lowest BCUT2D eigenvalue weighted by Gasteiger charge is -2.28. The van der Waals surface area contributed by atoms with E-state index >= 15 is 0 Å². The number of rotatable bonds is 10. The molecule has 0 heterocycles. The van der Waals surface area contributed by atoms with E-state index < -0.39 is 6.67 Å². The molecule has 1 fully saturated rings. The van der Waals surface area contributed by atoms with Gasteiger partial charge >= 0.3 is 0 Å². The van der Waals surface area contributed by atoms with Crippen molar-refractivity contribution in [3.05, 3.63) is 28.8 Å². The molecule has 1 aromatic carbocycles. The van der Waals surface area contributed by atoms with Crippen LogP contribution in [0.2, 0.25) is 0 Å². The summed E-state index contributed by atoms with van der Waals surface area (Å²) in [5, 5.41) is 0. The number of carbonyl (C=O) groups excluding carboxylic acids is 1. The van der Waals surface area contributed by atoms with Crippen molar-refractivity contribution in [1.29, 1.82) is 0 Å². The Morgan fingerprint density at radius 1 is 1.12 bits per heavy atom. The minimum absolute atomic E-state index is 0.139. The highest BCUT2D eigenvalue weighted by Crippen LogP contribution is 2.34. The molecule has 2 rings (SSSR count). The fraction of sp³-hybridized carbons (Fsp3) is 0.696. The summed E-state index contributed by atoms with van der Waals surface area (Å²) < 4.78 is 18.9. The summed E-state index contributed by atoms with van der Waals surface area (Å²) in [6, 6.07) is 3.55. The highest BCUT2D eigenvalue weighted by atomic mass is 19.1. The zero-order valence-corrected chi connectivity index (χ0v) is 16.8. The fourth-order valence-corrected chi connectivity index (χ4v) is 4.39. The second-order valence-electron chi connectivity index (χ2n) is 7.77. The molecule has 1 saturated carbocycles. The number of ketones is 1. The number of alkyl halides is 1. The Morgan fingerprint density at radius 3 is 2.35 bits per heavy atom. The third-order valence-electron chi connectivity index (χ3n) is 5.97. The summed E-state index contributed by atoms with van der Waals surface area (Å²) in [7, 11) is 0. The maximum absolute atomic E-state index is 13.4. The molecule has 0 atom stereocenters. The van der Waals surface area contributed by atoms with Crippen molar-refractivity contribution >= 4 is 5.78 Å². The molecular formula is C23H35FO2. The van der Waals surface area contributed by atoms with Crippen LogP contribution in [0.3, 0.4) is 0 Å². The Labute approximate surface area is 158 Å². The third-order valence-corrected chi connectivity index (χ3v) is 5.97. The zero-order chi connectivity index (χ0) is 18.9. The molecule has 1 aromatic rings. The standard InChI is InChI=1S/C23H35FO2/c1-4-7-18-10-12-19(13-11-18)8-6-9-22(25)20-14-15-23(26-5-2)21(16-24)17(20)3/h14-15,18-19H,4-13,16H2,1-3H3. The van der Waals surface area contributed by atoms with E-state index in [1.807, 2.05) is 13.8 Å². The van der Waals surface area contributed by atoms with Gasteiger partial charge in [-0.05, 0) is 49.8 Å². The monoisotopic (exact) mass is 362 g/mol. The number of hydrogen-bond acceptors (Lipinski definition) is 2. The van der Waals surface area contributed by atoms with E-state index in [4.69, 9.17) is 4.74 Å². The van der Waals surface area contributed by atoms with Crippen LogP contribution in [0, 0.1) is 18.8 Å². The first kappa shape index (κ1) is 20.9. The van der Waals surface area contributed by atoms with Crippen molar-refractivity contribution in [2.24, 2.45) is 11.8 Å². The fourth-order valence-electron chi connectivity index (χ4n) is 4.39. The van der Waals surface area contributed by atoms with Gasteiger partial charge in [0.2, 0.25) is 0 Å². The maximum Gasteiger partial charge on any atom is 0.163 e. The van der Waals surface area contributed by atoms with E-state index in [-0.39, 0.29) is 5.78 Å². The first-order chi connectivity index (χ1) is 12.6. The lowest BCUT2D eigenvalue weighted by molar-refractivity contribution is 0.0975. The van der Waals surface area contributed by atoms with Gasteiger partial charge in [-0.2, -0.15) is 0 Å². The Bertz CT molecular complexity index is 574. The van der Waals surface area contributed by atoms with Crippen LogP contribution >= 0.6 is 0 Å². The van der Waals surface area contributed by atoms with Gasteiger partial charge < -0.3 is 4.74 Å². The third kappa shape index (κ3) is 5.56. The van der Waals surface area contributed by atoms with Gasteiger partial charge in [0.1, 0.15) is 12.4 Å². The molecule has 3 heteroatoms. The van der Waals surface area contributed by atoms with E-state index in [0.717, 1.165) is 30.2 Å². The number of ether oxygens (including phenoxy) is 1. The van der Waals surface area contributed by atoms with Crippen LogP contribution in [-0.4, -0.2) is 12.4 Å². The first-order valence-corrected chi connectivity index (χ1v) is 10.4. The Kier molecular flexibility index (Phi) is 8.61. The second-order valence-corrected chi connectivity index (χ2v) is 7.77. The van der Waals surface area contributed by atoms with Crippen molar-refractivity contribution in [2.75, 3.05) is 6.61 Å². The van der Waals surface area contributed by atoms with Crippen molar-refractivity contribution < 1.29 is 13.9 Å². The molecule has 0 amide bonds. The van der Waals surface area contributed by atoms with E-state index in [9.17, 15) is 9.18 Å². The number of carbonyl (C=O) groups is 1. The first-order valence-electron chi connectivity index (χ1n) is 10.4. The average Bonchev–Trinajstić information content (AvgIpc) is 2.64. The van der Waals surface area contributed by atoms with Gasteiger partial charge in [-0.1, -0.05) is 51.9 Å². The van der Waals surface area contributed by atoms with Gasteiger partial charge in [-0.25, -0.2) is 4.39 Å². The van der Waals surface area contributed by atoms with E-state index in [1.165, 1.54) is 38.5 Å². The average molecular weight is 363 g/mol. The molecule has 0 saturated heterocycles. The quantitative estimate of drug-likeness (QED) is 0.427. The normalized spacial score (nSPS) is 20.2. The van der Waals surface area contributed by atoms with Gasteiger partial charge in [0.25, 0.3) is 0 Å². The molecule has 0 spiro atoms. The van der Waals surface area contributed by atoms with Crippen LogP contribution in [0.15, 0.2) is 12.1 Å². The Hall–Kier alpha value is -1.38. The van der Waals surface area contributed by atoms with Crippen LogP contribution < -0.4 is 4.74 Å². The molecule has 0 radical (unpaired) electrons. The molecule has 0 aliphatic heterocycles. The lowest BCUT2D eigenvalue weighted by Crippen LogP contribution is -2.15. The van der Waals surface area contributed by atoms with Crippen molar-refractivity contribution in [2.45, 2.75) is 85.2 Å². The van der Waals surface area contributed by atoms with Crippen molar-refractivity contribution in [3.8, 4) is 5.75 Å². The predicted molar refractivity (Wildman–Crippen MR) is 106 cm³/mol. The van der Waals surface area contributed by atoms with Gasteiger partial charge in [0, 0.05) is 17.5 Å². The summed E-state index contributed by atoms with van der Waals surface area (Å²) in [5.74, 6) is 2.43. The summed E-state index contributed by atoms with van der Waals surface area (Å²) in [4.78, 5) is 12.6. The maximum atomic E-state index is 13.4. The van der Waals surface area contributed by atoms with Crippen molar-refractivity contribution in [1.82, 2.24) is 0 Å². The Morgan fingerprint density at radius 2 is 1.77 bits per heavy atom. The lowest BCUT2D eigenvalue weighted by atomic mass is 9.78. The minimum Gasteiger partial charge on any atom is -0.493 e. The molecule has 0 unspecified atom stereocenters. The summed E-state index contributed by atoms with van der Waals surface area (Å²) in [5.41, 5.74) is 1.92. The minimum atomic E-state index is -0.594. The van der Waals surface area contributed by atoms with E-state index in [1.54, 1.807) is 12.1 Å². The number of hydrogen-bond donors (Lipinski definition) is 0. The Balaban J connectivity index is 1.85. The molecule has 1 aliphatic rings. The largest absolute Gasteiger partial charge is 0.493 e. The molecule has 0 bridgehead atoms. The smallest absolute Gasteiger partial charge is 0.163 e. The summed E-state index contributed by atoms with van der Waals surface area (Å²) in [6.07, 6.45) is 10.7. The highest BCUT2D eigenvalue weighted by molar-refractivity contribution is 5.98. The molecule has 0 N–H and O–H groups in total. The summed E-state index contributed by atoms with van der Waals surface area (Å²) in [6.45, 7) is 5.89. The molecular weight excluding hydrogens is 327 g/mol. The van der Waals surface area contributed by atoms with Crippen LogP contribution in [0.1, 0.15) is 93.1 Å². The van der Waals surface area contributed by atoms with Crippen LogP contribution in [-0.2, 0) is 6.67 Å². The SMILES string of the molecule is CCCC1CCC(CCCC(=O)c2ccc(OCC)c(CF)c2C)CC1. The number of benzene rings is 1. The molecule has 146 valence electrons. The zero-order valence-electron chi connectivity index (χ0n) is 16.8. The van der Waals surface area contributed by atoms with Gasteiger partial charge in [-0.3, -0.25) is 4.79 Å².